The van der Waals surface area contributed by atoms with Crippen LogP contribution in [0.25, 0.3) is 0 Å². The Hall–Kier alpha value is -2.12. The Kier molecular flexibility index (Phi) is 6.37. The van der Waals surface area contributed by atoms with E-state index in [1.54, 1.807) is 11.1 Å². The van der Waals surface area contributed by atoms with Crippen molar-refractivity contribution in [3.05, 3.63) is 6.20 Å². The van der Waals surface area contributed by atoms with Crippen molar-refractivity contribution in [1.82, 2.24) is 20.1 Å². The van der Waals surface area contributed by atoms with Crippen LogP contribution in [0.2, 0.25) is 0 Å². The van der Waals surface area contributed by atoms with Crippen molar-refractivity contribution in [2.45, 2.75) is 27.2 Å². The van der Waals surface area contributed by atoms with Crippen LogP contribution in [0.3, 0.4) is 0 Å². The second kappa shape index (κ2) is 8.50. The molecule has 0 aliphatic carbocycles. The predicted molar refractivity (Wildman–Crippen MR) is 88.6 cm³/mol. The number of ether oxygens (including phenoxy) is 1. The predicted octanol–water partition coefficient (Wildman–Crippen LogP) is 1.61. The van der Waals surface area contributed by atoms with Crippen molar-refractivity contribution < 1.29 is 9.53 Å². The quantitative estimate of drug-likeness (QED) is 0.851. The fourth-order valence-corrected chi connectivity index (χ4v) is 2.31. The lowest BCUT2D eigenvalue weighted by atomic mass is 10.1. The largest absolute Gasteiger partial charge is 0.450 e. The monoisotopic (exact) mass is 322 g/mol. The summed E-state index contributed by atoms with van der Waals surface area (Å²) in [7, 11) is 0. The van der Waals surface area contributed by atoms with E-state index in [1.165, 1.54) is 0 Å². The molecule has 1 aromatic rings. The number of nitrogens with one attached hydrogen (secondary N) is 1. The first-order chi connectivity index (χ1) is 11.1. The maximum atomic E-state index is 11.7. The highest BCUT2D eigenvalue weighted by Crippen LogP contribution is 2.13. The fourth-order valence-electron chi connectivity index (χ4n) is 2.31. The van der Waals surface area contributed by atoms with Gasteiger partial charge in [0.05, 0.1) is 12.8 Å². The maximum Gasteiger partial charge on any atom is 0.409 e. The number of hydrogen-bond acceptors (Lipinski definition) is 7. The van der Waals surface area contributed by atoms with E-state index in [-0.39, 0.29) is 6.09 Å². The van der Waals surface area contributed by atoms with Crippen LogP contribution >= 0.6 is 0 Å². The molecule has 0 bridgehead atoms. The van der Waals surface area contributed by atoms with Crippen LogP contribution in [0.1, 0.15) is 27.2 Å². The Balaban J connectivity index is 1.87. The number of hydrogen-bond donors (Lipinski definition) is 1. The van der Waals surface area contributed by atoms with E-state index in [0.717, 1.165) is 18.8 Å². The third-order valence-electron chi connectivity index (χ3n) is 3.66. The zero-order chi connectivity index (χ0) is 16.7. The number of amides is 1. The van der Waals surface area contributed by atoms with E-state index < -0.39 is 0 Å². The van der Waals surface area contributed by atoms with Gasteiger partial charge in [-0.1, -0.05) is 13.8 Å². The number of piperazine rings is 1. The van der Waals surface area contributed by atoms with Gasteiger partial charge in [0.25, 0.3) is 0 Å². The molecule has 2 heterocycles. The van der Waals surface area contributed by atoms with Crippen LogP contribution in [-0.2, 0) is 4.74 Å². The van der Waals surface area contributed by atoms with Crippen molar-refractivity contribution in [3.8, 4) is 0 Å². The summed E-state index contributed by atoms with van der Waals surface area (Å²) in [5.41, 5.74) is 0. The lowest BCUT2D eigenvalue weighted by Gasteiger charge is -2.33. The van der Waals surface area contributed by atoms with Gasteiger partial charge in [0, 0.05) is 32.7 Å². The van der Waals surface area contributed by atoms with E-state index in [9.17, 15) is 4.79 Å². The van der Waals surface area contributed by atoms with Gasteiger partial charge in [-0.3, -0.25) is 0 Å². The van der Waals surface area contributed by atoms with Gasteiger partial charge in [-0.15, -0.1) is 5.10 Å². The van der Waals surface area contributed by atoms with Crippen molar-refractivity contribution >= 4 is 17.9 Å². The van der Waals surface area contributed by atoms with Crippen LogP contribution in [-0.4, -0.2) is 65.5 Å². The molecule has 0 spiro atoms. The summed E-state index contributed by atoms with van der Waals surface area (Å²) in [4.78, 5) is 20.0. The number of carbonyl (C=O) groups excluding carboxylic acids is 1. The summed E-state index contributed by atoms with van der Waals surface area (Å²) in [6, 6.07) is 0. The Bertz CT molecular complexity index is 502. The Morgan fingerprint density at radius 2 is 2.09 bits per heavy atom. The average Bonchev–Trinajstić information content (AvgIpc) is 2.55. The summed E-state index contributed by atoms with van der Waals surface area (Å²) in [5.74, 6) is 1.99. The molecule has 8 heteroatoms. The van der Waals surface area contributed by atoms with Gasteiger partial charge >= 0.3 is 6.09 Å². The van der Waals surface area contributed by atoms with E-state index in [0.29, 0.717) is 44.7 Å². The van der Waals surface area contributed by atoms with E-state index >= 15 is 0 Å². The van der Waals surface area contributed by atoms with Gasteiger partial charge in [0.15, 0.2) is 5.82 Å². The van der Waals surface area contributed by atoms with Crippen LogP contribution < -0.4 is 10.2 Å². The van der Waals surface area contributed by atoms with Crippen LogP contribution in [0.5, 0.6) is 0 Å². The van der Waals surface area contributed by atoms with Crippen LogP contribution in [0.15, 0.2) is 6.20 Å². The highest BCUT2D eigenvalue weighted by Gasteiger charge is 2.23. The number of carbonyl (C=O) groups is 1. The van der Waals surface area contributed by atoms with Crippen molar-refractivity contribution in [3.63, 3.8) is 0 Å². The molecule has 0 aromatic carbocycles. The molecule has 2 rings (SSSR count). The SMILES string of the molecule is CCOC(=O)N1CCN(c2nncc(NCCC(C)C)n2)CC1. The summed E-state index contributed by atoms with van der Waals surface area (Å²) >= 11 is 0. The zero-order valence-electron chi connectivity index (χ0n) is 14.2. The second-order valence-electron chi connectivity index (χ2n) is 5.92. The molecule has 1 amide bonds. The molecule has 1 aromatic heterocycles. The topological polar surface area (TPSA) is 83.5 Å². The maximum absolute atomic E-state index is 11.7. The lowest BCUT2D eigenvalue weighted by molar-refractivity contribution is 0.105. The molecule has 1 aliphatic heterocycles. The van der Waals surface area contributed by atoms with Gasteiger partial charge in [-0.25, -0.2) is 4.79 Å². The van der Waals surface area contributed by atoms with Gasteiger partial charge in [-0.05, 0) is 19.3 Å². The summed E-state index contributed by atoms with van der Waals surface area (Å²) in [6.45, 7) is 10.0. The zero-order valence-corrected chi connectivity index (χ0v) is 14.2. The first-order valence-electron chi connectivity index (χ1n) is 8.20. The van der Waals surface area contributed by atoms with Gasteiger partial charge in [-0.2, -0.15) is 10.1 Å². The first kappa shape index (κ1) is 17.2. The van der Waals surface area contributed by atoms with E-state index in [1.807, 2.05) is 11.8 Å². The Labute approximate surface area is 137 Å². The van der Waals surface area contributed by atoms with Crippen LogP contribution in [0, 0.1) is 5.92 Å². The third-order valence-corrected chi connectivity index (χ3v) is 3.66. The molecule has 23 heavy (non-hydrogen) atoms. The number of anilines is 2. The van der Waals surface area contributed by atoms with Gasteiger partial charge in [0.1, 0.15) is 0 Å². The molecule has 1 saturated heterocycles. The summed E-state index contributed by atoms with van der Waals surface area (Å²) in [5, 5.41) is 11.4. The average molecular weight is 322 g/mol. The fraction of sp³-hybridized carbons (Fsp3) is 0.733. The number of nitrogens with zero attached hydrogens (tertiary/aromatic N) is 5. The molecule has 1 aliphatic rings. The van der Waals surface area contributed by atoms with Gasteiger partial charge < -0.3 is 19.9 Å². The van der Waals surface area contributed by atoms with Crippen molar-refractivity contribution in [1.29, 1.82) is 0 Å². The molecule has 8 nitrogen and oxygen atoms in total. The smallest absolute Gasteiger partial charge is 0.409 e. The highest BCUT2D eigenvalue weighted by molar-refractivity contribution is 5.68. The normalized spacial score (nSPS) is 15.0. The minimum absolute atomic E-state index is 0.254. The molecule has 0 unspecified atom stereocenters. The standard InChI is InChI=1S/C15H26N6O2/c1-4-23-15(22)21-9-7-20(8-10-21)14-18-13(11-17-19-14)16-6-5-12(2)3/h11-12H,4-10H2,1-3H3,(H,16,18,19). The second-order valence-corrected chi connectivity index (χ2v) is 5.92. The van der Waals surface area contributed by atoms with E-state index in [2.05, 4.69) is 34.3 Å². The van der Waals surface area contributed by atoms with Gasteiger partial charge in [0.2, 0.25) is 5.95 Å². The molecule has 0 atom stereocenters. The number of rotatable bonds is 6. The minimum Gasteiger partial charge on any atom is -0.450 e. The molecular weight excluding hydrogens is 296 g/mol. The summed E-state index contributed by atoms with van der Waals surface area (Å²) < 4.78 is 5.02. The minimum atomic E-state index is -0.254. The molecule has 1 N–H and O–H groups in total. The Morgan fingerprint density at radius 3 is 2.74 bits per heavy atom. The number of aromatic nitrogens is 3. The van der Waals surface area contributed by atoms with Crippen molar-refractivity contribution in [2.24, 2.45) is 5.92 Å². The molecule has 128 valence electrons. The van der Waals surface area contributed by atoms with E-state index in [4.69, 9.17) is 4.74 Å². The highest BCUT2D eigenvalue weighted by atomic mass is 16.6. The summed E-state index contributed by atoms with van der Waals surface area (Å²) in [6.07, 6.45) is 2.46. The molecular formula is C15H26N6O2. The van der Waals surface area contributed by atoms with Crippen LogP contribution in [0.4, 0.5) is 16.6 Å². The lowest BCUT2D eigenvalue weighted by Crippen LogP contribution is -2.49. The van der Waals surface area contributed by atoms with Crippen molar-refractivity contribution in [2.75, 3.05) is 49.5 Å². The molecule has 1 fully saturated rings. The molecule has 0 saturated carbocycles. The first-order valence-corrected chi connectivity index (χ1v) is 8.20. The Morgan fingerprint density at radius 1 is 1.35 bits per heavy atom. The molecule has 0 radical (unpaired) electrons. The third kappa shape index (κ3) is 5.22.